The molecule has 1 atom stereocenters. The highest BCUT2D eigenvalue weighted by Gasteiger charge is 2.31. The van der Waals surface area contributed by atoms with Crippen LogP contribution in [0.1, 0.15) is 31.2 Å². The van der Waals surface area contributed by atoms with Gasteiger partial charge in [0.05, 0.1) is 12.2 Å². The molecule has 0 bridgehead atoms. The zero-order valence-corrected chi connectivity index (χ0v) is 19.7. The lowest BCUT2D eigenvalue weighted by molar-refractivity contribution is -0.118. The summed E-state index contributed by atoms with van der Waals surface area (Å²) in [7, 11) is 0. The first-order valence-corrected chi connectivity index (χ1v) is 12.0. The normalized spacial score (nSPS) is 21.0. The number of para-hydroxylation sites is 1. The minimum absolute atomic E-state index is 0.0759. The molecule has 188 valence electrons. The van der Waals surface area contributed by atoms with Gasteiger partial charge < -0.3 is 19.5 Å². The Bertz CT molecular complexity index is 1020. The van der Waals surface area contributed by atoms with Gasteiger partial charge in [0.25, 0.3) is 0 Å². The topological polar surface area (TPSA) is 91.3 Å². The van der Waals surface area contributed by atoms with Crippen LogP contribution in [0.5, 0.6) is 11.5 Å². The molecule has 3 amide bonds. The first-order chi connectivity index (χ1) is 16.9. The third-order valence-corrected chi connectivity index (χ3v) is 6.38. The maximum atomic E-state index is 13.8. The monoisotopic (exact) mass is 485 g/mol. The Hall–Kier alpha value is -3.17. The highest BCUT2D eigenvalue weighted by atomic mass is 19.1. The van der Waals surface area contributed by atoms with E-state index in [9.17, 15) is 19.1 Å². The first-order valence-electron chi connectivity index (χ1n) is 12.0. The van der Waals surface area contributed by atoms with Crippen molar-refractivity contribution in [2.75, 3.05) is 39.4 Å². The maximum absolute atomic E-state index is 13.8. The molecule has 4 rings (SSSR count). The quantitative estimate of drug-likeness (QED) is 0.397. The highest BCUT2D eigenvalue weighted by Crippen LogP contribution is 2.26. The largest absolute Gasteiger partial charge is 0.494 e. The Kier molecular flexibility index (Phi) is 8.20. The number of nitrogens with one attached hydrogen (secondary N) is 1. The molecule has 2 heterocycles. The van der Waals surface area contributed by atoms with E-state index in [-0.39, 0.29) is 30.8 Å². The third-order valence-electron chi connectivity index (χ3n) is 6.38. The summed E-state index contributed by atoms with van der Waals surface area (Å²) in [6.45, 7) is 3.48. The minimum atomic E-state index is -0.974. The molecule has 0 unspecified atom stereocenters. The standard InChI is InChI=1S/C26H32FN3O5/c27-22-5-1-2-6-23(22)35-19-26(33)11-3-13-29(15-12-26)17-20-7-9-21(10-8-20)34-16-4-14-30-18-24(31)28-25(30)32/h1-2,5-10,33H,3-4,11-19H2,(H,28,31,32)/t26-/m0/s1. The van der Waals surface area contributed by atoms with Gasteiger partial charge in [-0.3, -0.25) is 15.0 Å². The molecule has 2 aliphatic rings. The van der Waals surface area contributed by atoms with Crippen molar-refractivity contribution < 1.29 is 28.6 Å². The van der Waals surface area contributed by atoms with Crippen LogP contribution in [0, 0.1) is 5.82 Å². The fourth-order valence-corrected chi connectivity index (χ4v) is 4.37. The number of hydrogen-bond donors (Lipinski definition) is 2. The van der Waals surface area contributed by atoms with E-state index in [4.69, 9.17) is 9.47 Å². The maximum Gasteiger partial charge on any atom is 0.324 e. The zero-order chi connectivity index (χ0) is 24.7. The molecule has 9 heteroatoms. The molecular weight excluding hydrogens is 453 g/mol. The van der Waals surface area contributed by atoms with Crippen LogP contribution in [0.3, 0.4) is 0 Å². The summed E-state index contributed by atoms with van der Waals surface area (Å²) in [4.78, 5) is 26.5. The molecule has 2 aliphatic heterocycles. The van der Waals surface area contributed by atoms with E-state index < -0.39 is 11.4 Å². The summed E-state index contributed by atoms with van der Waals surface area (Å²) in [5, 5.41) is 13.2. The van der Waals surface area contributed by atoms with Gasteiger partial charge in [0.1, 0.15) is 18.9 Å². The smallest absolute Gasteiger partial charge is 0.324 e. The van der Waals surface area contributed by atoms with E-state index in [1.165, 1.54) is 11.0 Å². The molecule has 2 aromatic carbocycles. The molecular formula is C26H32FN3O5. The fourth-order valence-electron chi connectivity index (χ4n) is 4.37. The molecule has 2 fully saturated rings. The van der Waals surface area contributed by atoms with Gasteiger partial charge in [0.2, 0.25) is 5.91 Å². The van der Waals surface area contributed by atoms with Gasteiger partial charge in [0, 0.05) is 19.6 Å². The van der Waals surface area contributed by atoms with Crippen LogP contribution in [-0.2, 0) is 11.3 Å². The lowest BCUT2D eigenvalue weighted by Crippen LogP contribution is -2.37. The number of imide groups is 1. The van der Waals surface area contributed by atoms with E-state index in [1.807, 2.05) is 24.3 Å². The second-order valence-corrected chi connectivity index (χ2v) is 9.19. The summed E-state index contributed by atoms with van der Waals surface area (Å²) >= 11 is 0. The number of carbonyl (C=O) groups is 2. The van der Waals surface area contributed by atoms with Crippen LogP contribution in [0.25, 0.3) is 0 Å². The van der Waals surface area contributed by atoms with Gasteiger partial charge in [-0.05, 0) is 62.1 Å². The third kappa shape index (κ3) is 7.16. The van der Waals surface area contributed by atoms with E-state index >= 15 is 0 Å². The summed E-state index contributed by atoms with van der Waals surface area (Å²) in [6.07, 6.45) is 2.64. The Labute approximate surface area is 204 Å². The molecule has 0 spiro atoms. The number of hydrogen-bond acceptors (Lipinski definition) is 6. The van der Waals surface area contributed by atoms with Crippen molar-refractivity contribution >= 4 is 11.9 Å². The van der Waals surface area contributed by atoms with Crippen molar-refractivity contribution in [1.82, 2.24) is 15.1 Å². The van der Waals surface area contributed by atoms with Crippen molar-refractivity contribution in [3.8, 4) is 11.5 Å². The van der Waals surface area contributed by atoms with Crippen LogP contribution in [0.2, 0.25) is 0 Å². The molecule has 0 aliphatic carbocycles. The van der Waals surface area contributed by atoms with Crippen LogP contribution < -0.4 is 14.8 Å². The SMILES string of the molecule is O=C1CN(CCCOc2ccc(CN3CCC[C@@](O)(COc4ccccc4F)CC3)cc2)C(=O)N1. The Morgan fingerprint density at radius 3 is 2.57 bits per heavy atom. The number of likely N-dealkylation sites (tertiary alicyclic amines) is 1. The van der Waals surface area contributed by atoms with Gasteiger partial charge in [-0.1, -0.05) is 24.3 Å². The first kappa shape index (κ1) is 24.9. The van der Waals surface area contributed by atoms with Crippen molar-refractivity contribution in [3.05, 3.63) is 59.9 Å². The average Bonchev–Trinajstić information content (AvgIpc) is 3.05. The van der Waals surface area contributed by atoms with Crippen LogP contribution in [0.4, 0.5) is 9.18 Å². The van der Waals surface area contributed by atoms with Crippen molar-refractivity contribution in [1.29, 1.82) is 0 Å². The number of ether oxygens (including phenoxy) is 2. The molecule has 35 heavy (non-hydrogen) atoms. The summed E-state index contributed by atoms with van der Waals surface area (Å²) in [6, 6.07) is 13.8. The van der Waals surface area contributed by atoms with E-state index in [0.29, 0.717) is 32.4 Å². The number of urea groups is 1. The summed E-state index contributed by atoms with van der Waals surface area (Å²) < 4.78 is 25.2. The van der Waals surface area contributed by atoms with Gasteiger partial charge in [-0.15, -0.1) is 0 Å². The number of aliphatic hydroxyl groups is 1. The fraction of sp³-hybridized carbons (Fsp3) is 0.462. The molecule has 0 saturated carbocycles. The van der Waals surface area contributed by atoms with Crippen molar-refractivity contribution in [3.63, 3.8) is 0 Å². The second kappa shape index (κ2) is 11.5. The number of rotatable bonds is 10. The van der Waals surface area contributed by atoms with E-state index in [2.05, 4.69) is 10.2 Å². The van der Waals surface area contributed by atoms with Gasteiger partial charge >= 0.3 is 6.03 Å². The molecule has 2 N–H and O–H groups in total. The Morgan fingerprint density at radius 1 is 1.03 bits per heavy atom. The van der Waals surface area contributed by atoms with Crippen LogP contribution >= 0.6 is 0 Å². The molecule has 0 aromatic heterocycles. The molecule has 2 saturated heterocycles. The Morgan fingerprint density at radius 2 is 1.83 bits per heavy atom. The predicted molar refractivity (Wildman–Crippen MR) is 128 cm³/mol. The molecule has 8 nitrogen and oxygen atoms in total. The zero-order valence-electron chi connectivity index (χ0n) is 19.7. The molecule has 0 radical (unpaired) electrons. The van der Waals surface area contributed by atoms with E-state index in [0.717, 1.165) is 37.4 Å². The lowest BCUT2D eigenvalue weighted by Gasteiger charge is -2.27. The number of amides is 3. The van der Waals surface area contributed by atoms with Crippen molar-refractivity contribution in [2.45, 2.75) is 37.8 Å². The minimum Gasteiger partial charge on any atom is -0.494 e. The summed E-state index contributed by atoms with van der Waals surface area (Å²) in [5.74, 6) is 0.234. The van der Waals surface area contributed by atoms with Crippen LogP contribution in [0.15, 0.2) is 48.5 Å². The van der Waals surface area contributed by atoms with Gasteiger partial charge in [-0.2, -0.15) is 0 Å². The Balaban J connectivity index is 1.18. The summed E-state index contributed by atoms with van der Waals surface area (Å²) in [5.41, 5.74) is 0.176. The highest BCUT2D eigenvalue weighted by molar-refractivity contribution is 6.01. The van der Waals surface area contributed by atoms with E-state index in [1.54, 1.807) is 18.2 Å². The number of halogens is 1. The number of nitrogens with zero attached hydrogens (tertiary/aromatic N) is 2. The predicted octanol–water partition coefficient (Wildman–Crippen LogP) is 2.94. The number of benzene rings is 2. The average molecular weight is 486 g/mol. The van der Waals surface area contributed by atoms with Gasteiger partial charge in [-0.25, -0.2) is 9.18 Å². The lowest BCUT2D eigenvalue weighted by atomic mass is 9.96. The second-order valence-electron chi connectivity index (χ2n) is 9.19. The number of carbonyl (C=O) groups excluding carboxylic acids is 2. The molecule has 2 aromatic rings. The van der Waals surface area contributed by atoms with Crippen LogP contribution in [-0.4, -0.2) is 71.8 Å². The van der Waals surface area contributed by atoms with Crippen molar-refractivity contribution in [2.24, 2.45) is 0 Å². The van der Waals surface area contributed by atoms with Gasteiger partial charge in [0.15, 0.2) is 11.6 Å².